The minimum absolute atomic E-state index is 0. The van der Waals surface area contributed by atoms with Gasteiger partial charge in [0, 0.05) is 5.25 Å². The summed E-state index contributed by atoms with van der Waals surface area (Å²) in [6.45, 7) is 4.37. The van der Waals surface area contributed by atoms with E-state index in [1.54, 1.807) is 0 Å². The summed E-state index contributed by atoms with van der Waals surface area (Å²) < 4.78 is 34.3. The summed E-state index contributed by atoms with van der Waals surface area (Å²) in [7, 11) is -4.22. The first-order valence-corrected chi connectivity index (χ1v) is 13.0. The molecule has 0 amide bonds. The normalized spacial score (nSPS) is 13.9. The number of hydrogen-bond acceptors (Lipinski definition) is 4. The van der Waals surface area contributed by atoms with E-state index in [0.29, 0.717) is 25.7 Å². The smallest absolute Gasteiger partial charge is 0.748 e. The molecule has 0 bridgehead atoms. The summed E-state index contributed by atoms with van der Waals surface area (Å²) in [5.74, 6) is 0. The molecule has 2 unspecified atom stereocenters. The van der Waals surface area contributed by atoms with Gasteiger partial charge >= 0.3 is 51.4 Å². The molecule has 0 aliphatic heterocycles. The molecule has 0 saturated carbocycles. The van der Waals surface area contributed by atoms with Gasteiger partial charge in [-0.1, -0.05) is 97.3 Å². The minimum Gasteiger partial charge on any atom is -0.748 e. The molecule has 6 heteroatoms. The van der Waals surface area contributed by atoms with Crippen molar-refractivity contribution < 1.29 is 69.5 Å². The zero-order valence-corrected chi connectivity index (χ0v) is 22.9. The zero-order chi connectivity index (χ0) is 20.4. The standard InChI is InChI=1S/C22H46O4S.K/c1-3-5-7-9-10-11-13-14-17-21(23)18-16-20-22(27(24,25)26)19-15-12-8-6-4-2;/h21-23H,3-20H2,1-2H3,(H,24,25,26);/q;+1/p-1. The van der Waals surface area contributed by atoms with Gasteiger partial charge in [0.05, 0.1) is 16.2 Å². The second-order valence-corrected chi connectivity index (χ2v) is 9.82. The molecule has 0 radical (unpaired) electrons. The molecule has 0 aromatic heterocycles. The van der Waals surface area contributed by atoms with Gasteiger partial charge in [0.15, 0.2) is 0 Å². The van der Waals surface area contributed by atoms with E-state index in [1.165, 1.54) is 51.4 Å². The fourth-order valence-electron chi connectivity index (χ4n) is 3.65. The van der Waals surface area contributed by atoms with Crippen molar-refractivity contribution >= 4 is 10.1 Å². The molecule has 0 aliphatic carbocycles. The Balaban J connectivity index is 0. The molecule has 4 nitrogen and oxygen atoms in total. The molecule has 0 rings (SSSR count). The minimum atomic E-state index is -4.22. The largest absolute Gasteiger partial charge is 1.00 e. The first kappa shape index (κ1) is 31.7. The van der Waals surface area contributed by atoms with E-state index in [2.05, 4.69) is 13.8 Å². The van der Waals surface area contributed by atoms with Gasteiger partial charge in [-0.15, -0.1) is 0 Å². The number of aliphatic hydroxyl groups is 1. The maximum Gasteiger partial charge on any atom is 1.00 e. The van der Waals surface area contributed by atoms with E-state index in [4.69, 9.17) is 0 Å². The van der Waals surface area contributed by atoms with Gasteiger partial charge in [-0.3, -0.25) is 0 Å². The summed E-state index contributed by atoms with van der Waals surface area (Å²) in [6.07, 6.45) is 17.8. The second kappa shape index (κ2) is 21.7. The Morgan fingerprint density at radius 1 is 0.643 bits per heavy atom. The van der Waals surface area contributed by atoms with Crippen LogP contribution in [0.15, 0.2) is 0 Å². The first-order chi connectivity index (χ1) is 12.9. The number of rotatable bonds is 20. The van der Waals surface area contributed by atoms with Crippen molar-refractivity contribution in [3.05, 3.63) is 0 Å². The van der Waals surface area contributed by atoms with Crippen molar-refractivity contribution in [2.45, 2.75) is 141 Å². The fraction of sp³-hybridized carbons (Fsp3) is 1.00. The van der Waals surface area contributed by atoms with Crippen molar-refractivity contribution in [2.24, 2.45) is 0 Å². The quantitative estimate of drug-likeness (QED) is 0.177. The number of hydrogen-bond donors (Lipinski definition) is 1. The summed E-state index contributed by atoms with van der Waals surface area (Å²) >= 11 is 0. The van der Waals surface area contributed by atoms with E-state index in [0.717, 1.165) is 38.5 Å². The molecule has 0 aromatic carbocycles. The van der Waals surface area contributed by atoms with E-state index < -0.39 is 15.4 Å². The van der Waals surface area contributed by atoms with Crippen LogP contribution in [0.3, 0.4) is 0 Å². The predicted octanol–water partition coefficient (Wildman–Crippen LogP) is 3.33. The molecule has 0 aromatic rings. The third-order valence-corrected chi connectivity index (χ3v) is 6.78. The third kappa shape index (κ3) is 20.8. The van der Waals surface area contributed by atoms with Gasteiger partial charge in [0.1, 0.15) is 0 Å². The first-order valence-electron chi connectivity index (χ1n) is 11.5. The van der Waals surface area contributed by atoms with Crippen LogP contribution in [0, 0.1) is 0 Å². The molecule has 0 aliphatic rings. The zero-order valence-electron chi connectivity index (χ0n) is 19.0. The van der Waals surface area contributed by atoms with E-state index in [9.17, 15) is 18.1 Å². The Kier molecular flexibility index (Phi) is 24.6. The maximum atomic E-state index is 11.4. The summed E-state index contributed by atoms with van der Waals surface area (Å²) in [5, 5.41) is 9.31. The Labute approximate surface area is 218 Å². The van der Waals surface area contributed by atoms with Crippen molar-refractivity contribution in [1.82, 2.24) is 0 Å². The Hall–Kier alpha value is 1.51. The molecule has 0 fully saturated rings. The number of aliphatic hydroxyl groups excluding tert-OH is 1. The number of unbranched alkanes of at least 4 members (excludes halogenated alkanes) is 11. The topological polar surface area (TPSA) is 77.4 Å². The van der Waals surface area contributed by atoms with Crippen molar-refractivity contribution in [3.63, 3.8) is 0 Å². The molecule has 28 heavy (non-hydrogen) atoms. The Morgan fingerprint density at radius 2 is 1.00 bits per heavy atom. The summed E-state index contributed by atoms with van der Waals surface area (Å²) in [6, 6.07) is 0. The van der Waals surface area contributed by atoms with Crippen LogP contribution in [0.4, 0.5) is 0 Å². The molecule has 164 valence electrons. The van der Waals surface area contributed by atoms with Crippen LogP contribution in [0.1, 0.15) is 129 Å². The molecular weight excluding hydrogens is 399 g/mol. The van der Waals surface area contributed by atoms with Crippen LogP contribution in [0.2, 0.25) is 0 Å². The Morgan fingerprint density at radius 3 is 1.46 bits per heavy atom. The second-order valence-electron chi connectivity index (χ2n) is 8.17. The molecule has 0 saturated heterocycles. The third-order valence-electron chi connectivity index (χ3n) is 5.49. The van der Waals surface area contributed by atoms with Gasteiger partial charge in [0.2, 0.25) is 0 Å². The van der Waals surface area contributed by atoms with Crippen LogP contribution in [-0.4, -0.2) is 29.4 Å². The van der Waals surface area contributed by atoms with Crippen molar-refractivity contribution in [3.8, 4) is 0 Å². The molecule has 2 atom stereocenters. The molecule has 0 spiro atoms. The molecule has 0 heterocycles. The van der Waals surface area contributed by atoms with Crippen LogP contribution < -0.4 is 51.4 Å². The molecular formula is C22H45KO4S. The molecule has 1 N–H and O–H groups in total. The van der Waals surface area contributed by atoms with Gasteiger partial charge in [-0.05, 0) is 32.1 Å². The van der Waals surface area contributed by atoms with Gasteiger partial charge in [0.25, 0.3) is 0 Å². The average molecular weight is 445 g/mol. The monoisotopic (exact) mass is 444 g/mol. The van der Waals surface area contributed by atoms with Crippen LogP contribution in [0.5, 0.6) is 0 Å². The average Bonchev–Trinajstić information content (AvgIpc) is 2.61. The van der Waals surface area contributed by atoms with E-state index in [-0.39, 0.29) is 57.5 Å². The SMILES string of the molecule is CCCCCCCCCCC(O)CCCC(CCCCCCC)S(=O)(=O)[O-].[K+]. The Bertz CT molecular complexity index is 415. The maximum absolute atomic E-state index is 11.4. The predicted molar refractivity (Wildman–Crippen MR) is 114 cm³/mol. The van der Waals surface area contributed by atoms with E-state index >= 15 is 0 Å². The van der Waals surface area contributed by atoms with Gasteiger partial charge in [-0.25, -0.2) is 8.42 Å². The van der Waals surface area contributed by atoms with Crippen molar-refractivity contribution in [2.75, 3.05) is 0 Å². The van der Waals surface area contributed by atoms with Crippen LogP contribution in [0.25, 0.3) is 0 Å². The van der Waals surface area contributed by atoms with Crippen LogP contribution >= 0.6 is 0 Å². The fourth-order valence-corrected chi connectivity index (χ4v) is 4.56. The summed E-state index contributed by atoms with van der Waals surface area (Å²) in [5.41, 5.74) is 0. The van der Waals surface area contributed by atoms with E-state index in [1.807, 2.05) is 0 Å². The van der Waals surface area contributed by atoms with Gasteiger partial charge < -0.3 is 9.66 Å². The van der Waals surface area contributed by atoms with Gasteiger partial charge in [-0.2, -0.15) is 0 Å². The van der Waals surface area contributed by atoms with Crippen LogP contribution in [-0.2, 0) is 10.1 Å². The van der Waals surface area contributed by atoms with Crippen molar-refractivity contribution in [1.29, 1.82) is 0 Å². The summed E-state index contributed by atoms with van der Waals surface area (Å²) in [4.78, 5) is 0.